The molecule has 0 radical (unpaired) electrons. The molecule has 1 saturated heterocycles. The minimum atomic E-state index is -0.672. The van der Waals surface area contributed by atoms with E-state index in [0.717, 1.165) is 56.4 Å². The molecular formula is C18H24N2O3. The van der Waals surface area contributed by atoms with Crippen molar-refractivity contribution in [2.24, 2.45) is 5.92 Å². The highest BCUT2D eigenvalue weighted by atomic mass is 16.4. The summed E-state index contributed by atoms with van der Waals surface area (Å²) >= 11 is 0. The molecule has 1 aliphatic heterocycles. The van der Waals surface area contributed by atoms with Crippen LogP contribution in [0.1, 0.15) is 44.9 Å². The molecule has 1 aromatic rings. The van der Waals surface area contributed by atoms with Gasteiger partial charge in [0.2, 0.25) is 5.91 Å². The zero-order chi connectivity index (χ0) is 16.2. The van der Waals surface area contributed by atoms with Gasteiger partial charge in [0.25, 0.3) is 0 Å². The van der Waals surface area contributed by atoms with E-state index in [1.165, 1.54) is 0 Å². The molecule has 3 rings (SSSR count). The number of aliphatic carboxylic acids is 1. The average Bonchev–Trinajstić information content (AvgIpc) is 2.56. The molecule has 0 atom stereocenters. The minimum Gasteiger partial charge on any atom is -0.481 e. The maximum absolute atomic E-state index is 12.0. The van der Waals surface area contributed by atoms with Crippen LogP contribution in [0, 0.1) is 5.92 Å². The van der Waals surface area contributed by atoms with Gasteiger partial charge in [0.15, 0.2) is 0 Å². The van der Waals surface area contributed by atoms with Gasteiger partial charge < -0.3 is 15.3 Å². The molecule has 1 amide bonds. The summed E-state index contributed by atoms with van der Waals surface area (Å²) in [5.74, 6) is -0.658. The number of hydrogen-bond acceptors (Lipinski definition) is 3. The number of hydrogen-bond donors (Lipinski definition) is 2. The van der Waals surface area contributed by atoms with E-state index in [2.05, 4.69) is 5.32 Å². The highest BCUT2D eigenvalue weighted by Crippen LogP contribution is 2.29. The topological polar surface area (TPSA) is 69.6 Å². The van der Waals surface area contributed by atoms with Crippen molar-refractivity contribution in [1.82, 2.24) is 0 Å². The van der Waals surface area contributed by atoms with Gasteiger partial charge in [0.05, 0.1) is 5.92 Å². The first-order valence-electron chi connectivity index (χ1n) is 8.53. The lowest BCUT2D eigenvalue weighted by atomic mass is 9.86. The molecule has 23 heavy (non-hydrogen) atoms. The highest BCUT2D eigenvalue weighted by Gasteiger charge is 2.26. The molecule has 1 saturated carbocycles. The molecule has 0 aromatic heterocycles. The third-order valence-electron chi connectivity index (χ3n) is 4.93. The molecule has 1 aromatic carbocycles. The van der Waals surface area contributed by atoms with Crippen molar-refractivity contribution in [3.8, 4) is 0 Å². The van der Waals surface area contributed by atoms with Gasteiger partial charge in [-0.1, -0.05) is 6.07 Å². The average molecular weight is 316 g/mol. The molecule has 2 N–H and O–H groups in total. The fraction of sp³-hybridized carbons (Fsp3) is 0.556. The quantitative estimate of drug-likeness (QED) is 0.894. The fourth-order valence-corrected chi connectivity index (χ4v) is 3.56. The maximum atomic E-state index is 12.0. The second kappa shape index (κ2) is 7.02. The largest absolute Gasteiger partial charge is 0.481 e. The fourth-order valence-electron chi connectivity index (χ4n) is 3.56. The highest BCUT2D eigenvalue weighted by molar-refractivity contribution is 5.94. The van der Waals surface area contributed by atoms with Crippen LogP contribution < -0.4 is 10.2 Å². The van der Waals surface area contributed by atoms with Crippen LogP contribution in [0.4, 0.5) is 11.4 Å². The number of carboxylic acids is 1. The number of carbonyl (C=O) groups is 2. The van der Waals surface area contributed by atoms with E-state index in [9.17, 15) is 9.59 Å². The van der Waals surface area contributed by atoms with Gasteiger partial charge in [-0.15, -0.1) is 0 Å². The Kier molecular flexibility index (Phi) is 4.84. The number of nitrogens with zero attached hydrogens (tertiary/aromatic N) is 1. The summed E-state index contributed by atoms with van der Waals surface area (Å²) in [5.41, 5.74) is 1.97. The molecule has 5 nitrogen and oxygen atoms in total. The number of carbonyl (C=O) groups excluding carboxylic acids is 1. The number of benzene rings is 1. The van der Waals surface area contributed by atoms with Crippen molar-refractivity contribution in [3.05, 3.63) is 24.3 Å². The van der Waals surface area contributed by atoms with Crippen molar-refractivity contribution in [3.63, 3.8) is 0 Å². The summed E-state index contributed by atoms with van der Waals surface area (Å²) in [5, 5.41) is 12.6. The van der Waals surface area contributed by atoms with Crippen molar-refractivity contribution in [1.29, 1.82) is 0 Å². The maximum Gasteiger partial charge on any atom is 0.306 e. The molecule has 2 fully saturated rings. The van der Waals surface area contributed by atoms with Crippen molar-refractivity contribution < 1.29 is 14.7 Å². The van der Waals surface area contributed by atoms with Gasteiger partial charge in [-0.3, -0.25) is 9.59 Å². The zero-order valence-corrected chi connectivity index (χ0v) is 13.3. The van der Waals surface area contributed by atoms with Gasteiger partial charge in [-0.05, 0) is 56.7 Å². The summed E-state index contributed by atoms with van der Waals surface area (Å²) in [6.45, 7) is 0.798. The van der Waals surface area contributed by atoms with E-state index in [1.807, 2.05) is 29.2 Å². The van der Waals surface area contributed by atoms with E-state index < -0.39 is 5.97 Å². The van der Waals surface area contributed by atoms with Gasteiger partial charge >= 0.3 is 5.97 Å². The molecule has 1 aliphatic carbocycles. The minimum absolute atomic E-state index is 0.189. The molecule has 2 aliphatic rings. The van der Waals surface area contributed by atoms with Crippen molar-refractivity contribution in [2.75, 3.05) is 16.8 Å². The number of nitrogens with one attached hydrogen (secondary N) is 1. The first-order valence-corrected chi connectivity index (χ1v) is 8.53. The number of rotatable bonds is 4. The summed E-state index contributed by atoms with van der Waals surface area (Å²) < 4.78 is 0. The summed E-state index contributed by atoms with van der Waals surface area (Å²) in [6, 6.07) is 8.32. The predicted octanol–water partition coefficient (Wildman–Crippen LogP) is 3.26. The Morgan fingerprint density at radius 3 is 2.65 bits per heavy atom. The molecular weight excluding hydrogens is 292 g/mol. The SMILES string of the molecule is O=C(O)C1CCC(Nc2cccc(N3CCCCC3=O)c2)CC1. The first kappa shape index (κ1) is 15.8. The number of piperidine rings is 1. The molecule has 5 heteroatoms. The third-order valence-corrected chi connectivity index (χ3v) is 4.93. The molecule has 0 bridgehead atoms. The van der Waals surface area contributed by atoms with E-state index in [0.29, 0.717) is 12.5 Å². The second-order valence-electron chi connectivity index (χ2n) is 6.58. The first-order chi connectivity index (χ1) is 11.1. The Bertz CT molecular complexity index is 579. The molecule has 124 valence electrons. The van der Waals surface area contributed by atoms with E-state index >= 15 is 0 Å². The van der Waals surface area contributed by atoms with Crippen LogP contribution in [-0.2, 0) is 9.59 Å². The van der Waals surface area contributed by atoms with Gasteiger partial charge in [0, 0.05) is 30.4 Å². The van der Waals surface area contributed by atoms with E-state index in [1.54, 1.807) is 0 Å². The number of carboxylic acid groups (broad SMARTS) is 1. The van der Waals surface area contributed by atoms with E-state index in [4.69, 9.17) is 5.11 Å². The third kappa shape index (κ3) is 3.84. The smallest absolute Gasteiger partial charge is 0.306 e. The normalized spacial score (nSPS) is 25.2. The summed E-state index contributed by atoms with van der Waals surface area (Å²) in [6.07, 6.45) is 5.90. The van der Waals surface area contributed by atoms with Gasteiger partial charge in [0.1, 0.15) is 0 Å². The molecule has 0 unspecified atom stereocenters. The van der Waals surface area contributed by atoms with E-state index in [-0.39, 0.29) is 11.8 Å². The Morgan fingerprint density at radius 1 is 1.17 bits per heavy atom. The van der Waals surface area contributed by atoms with Gasteiger partial charge in [-0.2, -0.15) is 0 Å². The molecule has 1 heterocycles. The standard InChI is InChI=1S/C18H24N2O3/c21-17-6-1-2-11-20(17)16-5-3-4-15(12-16)19-14-9-7-13(8-10-14)18(22)23/h3-5,12-14,19H,1-2,6-11H2,(H,22,23). The van der Waals surface area contributed by atoms with Crippen molar-refractivity contribution in [2.45, 2.75) is 51.0 Å². The van der Waals surface area contributed by atoms with Crippen LogP contribution in [-0.4, -0.2) is 29.6 Å². The van der Waals surface area contributed by atoms with Crippen LogP contribution in [0.5, 0.6) is 0 Å². The monoisotopic (exact) mass is 316 g/mol. The summed E-state index contributed by atoms with van der Waals surface area (Å²) in [4.78, 5) is 24.9. The predicted molar refractivity (Wildman–Crippen MR) is 89.7 cm³/mol. The Labute approximate surface area is 136 Å². The van der Waals surface area contributed by atoms with Crippen LogP contribution in [0.2, 0.25) is 0 Å². The van der Waals surface area contributed by atoms with Crippen LogP contribution in [0.15, 0.2) is 24.3 Å². The lowest BCUT2D eigenvalue weighted by molar-refractivity contribution is -0.142. The zero-order valence-electron chi connectivity index (χ0n) is 13.3. The number of anilines is 2. The lowest BCUT2D eigenvalue weighted by Gasteiger charge is -2.29. The molecule has 0 spiro atoms. The second-order valence-corrected chi connectivity index (χ2v) is 6.58. The van der Waals surface area contributed by atoms with Crippen LogP contribution in [0.3, 0.4) is 0 Å². The summed E-state index contributed by atoms with van der Waals surface area (Å²) in [7, 11) is 0. The number of amides is 1. The Hall–Kier alpha value is -2.04. The van der Waals surface area contributed by atoms with Crippen molar-refractivity contribution >= 4 is 23.3 Å². The van der Waals surface area contributed by atoms with Crippen LogP contribution in [0.25, 0.3) is 0 Å². The Morgan fingerprint density at radius 2 is 1.96 bits per heavy atom. The Balaban J connectivity index is 1.62. The van der Waals surface area contributed by atoms with Gasteiger partial charge in [-0.25, -0.2) is 0 Å². The van der Waals surface area contributed by atoms with Crippen LogP contribution >= 0.6 is 0 Å². The lowest BCUT2D eigenvalue weighted by Crippen LogP contribution is -2.35.